The molecule has 0 amide bonds. The highest BCUT2D eigenvalue weighted by atomic mass is 32.1. The lowest BCUT2D eigenvalue weighted by molar-refractivity contribution is 0.355. The third kappa shape index (κ3) is 3.10. The second-order valence-electron chi connectivity index (χ2n) is 3.74. The molecule has 1 atom stereocenters. The summed E-state index contributed by atoms with van der Waals surface area (Å²) >= 11 is 1.51. The summed E-state index contributed by atoms with van der Waals surface area (Å²) in [6.45, 7) is 5.20. The Balaban J connectivity index is 2.03. The Labute approximate surface area is 104 Å². The summed E-state index contributed by atoms with van der Waals surface area (Å²) in [6, 6.07) is 0.398. The lowest BCUT2D eigenvalue weighted by Gasteiger charge is -2.12. The molecular formula is C11H16N4OS. The largest absolute Gasteiger partial charge is 0.339 e. The number of hydrogen-bond donors (Lipinski definition) is 1. The number of nitrogens with zero attached hydrogens (tertiary/aromatic N) is 3. The maximum atomic E-state index is 5.24. The van der Waals surface area contributed by atoms with E-state index in [-0.39, 0.29) is 0 Å². The van der Waals surface area contributed by atoms with Crippen LogP contribution in [0, 0.1) is 0 Å². The van der Waals surface area contributed by atoms with Crippen LogP contribution in [0.5, 0.6) is 0 Å². The van der Waals surface area contributed by atoms with E-state index in [2.05, 4.69) is 34.3 Å². The zero-order valence-electron chi connectivity index (χ0n) is 10.0. The third-order valence-corrected chi connectivity index (χ3v) is 3.30. The Bertz CT molecular complexity index is 440. The normalized spacial score (nSPS) is 12.8. The average Bonchev–Trinajstić information content (AvgIpc) is 2.98. The van der Waals surface area contributed by atoms with Crippen LogP contribution in [0.4, 0.5) is 0 Å². The molecule has 2 aromatic heterocycles. The summed E-state index contributed by atoms with van der Waals surface area (Å²) < 4.78 is 5.24. The fraction of sp³-hybridized carbons (Fsp3) is 0.545. The molecule has 2 aromatic rings. The maximum absolute atomic E-state index is 5.24. The van der Waals surface area contributed by atoms with Gasteiger partial charge in [0.25, 0.3) is 0 Å². The zero-order chi connectivity index (χ0) is 12.1. The zero-order valence-corrected chi connectivity index (χ0v) is 10.8. The number of likely N-dealkylation sites (N-methyl/N-ethyl adjacent to an activating group) is 1. The second kappa shape index (κ2) is 5.88. The van der Waals surface area contributed by atoms with Crippen molar-refractivity contribution in [1.82, 2.24) is 20.4 Å². The van der Waals surface area contributed by atoms with Crippen molar-refractivity contribution in [2.45, 2.75) is 32.7 Å². The Kier molecular flexibility index (Phi) is 4.22. The van der Waals surface area contributed by atoms with Crippen LogP contribution in [0.25, 0.3) is 10.7 Å². The van der Waals surface area contributed by atoms with Crippen molar-refractivity contribution < 1.29 is 4.52 Å². The van der Waals surface area contributed by atoms with Crippen LogP contribution >= 0.6 is 11.3 Å². The summed E-state index contributed by atoms with van der Waals surface area (Å²) in [6.07, 6.45) is 3.57. The molecule has 2 rings (SSSR count). The van der Waals surface area contributed by atoms with Crippen molar-refractivity contribution in [2.75, 3.05) is 6.54 Å². The Morgan fingerprint density at radius 1 is 1.47 bits per heavy atom. The smallest absolute Gasteiger partial charge is 0.228 e. The highest BCUT2D eigenvalue weighted by Gasteiger charge is 2.13. The monoisotopic (exact) mass is 252 g/mol. The Morgan fingerprint density at radius 3 is 3.00 bits per heavy atom. The van der Waals surface area contributed by atoms with Crippen molar-refractivity contribution in [2.24, 2.45) is 0 Å². The van der Waals surface area contributed by atoms with E-state index in [4.69, 9.17) is 4.52 Å². The summed E-state index contributed by atoms with van der Waals surface area (Å²) in [4.78, 5) is 9.32. The molecule has 0 aromatic carbocycles. The van der Waals surface area contributed by atoms with E-state index in [1.165, 1.54) is 11.3 Å². The van der Waals surface area contributed by atoms with Crippen LogP contribution in [0.15, 0.2) is 16.2 Å². The summed E-state index contributed by atoms with van der Waals surface area (Å²) in [7, 11) is 0. The van der Waals surface area contributed by atoms with E-state index in [1.54, 1.807) is 11.7 Å². The topological polar surface area (TPSA) is 63.8 Å². The highest BCUT2D eigenvalue weighted by molar-refractivity contribution is 7.13. The second-order valence-corrected chi connectivity index (χ2v) is 4.63. The first-order valence-electron chi connectivity index (χ1n) is 5.78. The first kappa shape index (κ1) is 12.2. The van der Waals surface area contributed by atoms with Crippen molar-refractivity contribution in [3.8, 4) is 10.7 Å². The quantitative estimate of drug-likeness (QED) is 0.853. The molecule has 5 nitrogen and oxygen atoms in total. The van der Waals surface area contributed by atoms with Gasteiger partial charge in [0.15, 0.2) is 0 Å². The fourth-order valence-corrected chi connectivity index (χ4v) is 2.17. The van der Waals surface area contributed by atoms with Gasteiger partial charge in [-0.3, -0.25) is 4.98 Å². The van der Waals surface area contributed by atoms with Crippen LogP contribution in [0.1, 0.15) is 26.2 Å². The molecule has 0 bridgehead atoms. The predicted octanol–water partition coefficient (Wildman–Crippen LogP) is 2.12. The van der Waals surface area contributed by atoms with E-state index in [9.17, 15) is 0 Å². The van der Waals surface area contributed by atoms with E-state index >= 15 is 0 Å². The third-order valence-electron chi connectivity index (χ3n) is 2.53. The average molecular weight is 252 g/mol. The minimum atomic E-state index is 0.398. The van der Waals surface area contributed by atoms with Gasteiger partial charge in [0.1, 0.15) is 0 Å². The minimum absolute atomic E-state index is 0.398. The molecule has 17 heavy (non-hydrogen) atoms. The van der Waals surface area contributed by atoms with Gasteiger partial charge in [-0.05, 0) is 13.0 Å². The minimum Gasteiger partial charge on any atom is -0.339 e. The van der Waals surface area contributed by atoms with Crippen LogP contribution in [0.2, 0.25) is 0 Å². The van der Waals surface area contributed by atoms with Crippen LogP contribution < -0.4 is 5.32 Å². The number of thiazole rings is 1. The maximum Gasteiger partial charge on any atom is 0.228 e. The van der Waals surface area contributed by atoms with Crippen LogP contribution in [-0.4, -0.2) is 27.7 Å². The molecule has 0 fully saturated rings. The van der Waals surface area contributed by atoms with Crippen molar-refractivity contribution in [3.63, 3.8) is 0 Å². The first-order valence-corrected chi connectivity index (χ1v) is 6.66. The molecule has 1 N–H and O–H groups in total. The van der Waals surface area contributed by atoms with Gasteiger partial charge in [-0.15, -0.1) is 11.3 Å². The van der Waals surface area contributed by atoms with Crippen molar-refractivity contribution in [3.05, 3.63) is 17.6 Å². The van der Waals surface area contributed by atoms with E-state index in [0.717, 1.165) is 24.3 Å². The van der Waals surface area contributed by atoms with Gasteiger partial charge in [-0.2, -0.15) is 4.98 Å². The molecule has 1 unspecified atom stereocenters. The van der Waals surface area contributed by atoms with E-state index < -0.39 is 0 Å². The molecular weight excluding hydrogens is 236 g/mol. The molecule has 0 aliphatic heterocycles. The van der Waals surface area contributed by atoms with Crippen molar-refractivity contribution in [1.29, 1.82) is 0 Å². The molecule has 0 radical (unpaired) electrons. The molecule has 0 aliphatic rings. The summed E-state index contributed by atoms with van der Waals surface area (Å²) in [5.41, 5.74) is 1.76. The van der Waals surface area contributed by atoms with Gasteiger partial charge >= 0.3 is 0 Å². The molecule has 0 saturated carbocycles. The molecule has 0 saturated heterocycles. The number of rotatable bonds is 6. The first-order chi connectivity index (χ1) is 8.33. The lowest BCUT2D eigenvalue weighted by Crippen LogP contribution is -2.30. The summed E-state index contributed by atoms with van der Waals surface area (Å²) in [5, 5.41) is 7.35. The lowest BCUT2D eigenvalue weighted by atomic mass is 10.1. The van der Waals surface area contributed by atoms with Crippen LogP contribution in [-0.2, 0) is 6.42 Å². The van der Waals surface area contributed by atoms with Gasteiger partial charge in [0.05, 0.1) is 10.4 Å². The fourth-order valence-electron chi connectivity index (χ4n) is 1.62. The standard InChI is InChI=1S/C11H16N4OS/c1-3-8(13-4-2)5-10-14-11(15-16-10)9-6-12-7-17-9/h6-8,13H,3-5H2,1-2H3. The SMILES string of the molecule is CCNC(CC)Cc1nc(-c2cncs2)no1. The molecule has 2 heterocycles. The number of hydrogen-bond acceptors (Lipinski definition) is 6. The van der Waals surface area contributed by atoms with Crippen molar-refractivity contribution >= 4 is 11.3 Å². The number of nitrogens with one attached hydrogen (secondary N) is 1. The molecule has 6 heteroatoms. The van der Waals surface area contributed by atoms with E-state index in [1.807, 2.05) is 0 Å². The van der Waals surface area contributed by atoms with Gasteiger partial charge in [0, 0.05) is 18.7 Å². The molecule has 0 spiro atoms. The Morgan fingerprint density at radius 2 is 2.35 bits per heavy atom. The predicted molar refractivity (Wildman–Crippen MR) is 66.9 cm³/mol. The molecule has 0 aliphatic carbocycles. The van der Waals surface area contributed by atoms with Gasteiger partial charge in [0.2, 0.25) is 11.7 Å². The van der Waals surface area contributed by atoms with Gasteiger partial charge in [-0.25, -0.2) is 0 Å². The Hall–Kier alpha value is -1.27. The summed E-state index contributed by atoms with van der Waals surface area (Å²) in [5.74, 6) is 1.31. The highest BCUT2D eigenvalue weighted by Crippen LogP contribution is 2.19. The van der Waals surface area contributed by atoms with Gasteiger partial charge < -0.3 is 9.84 Å². The number of aromatic nitrogens is 3. The van der Waals surface area contributed by atoms with Crippen LogP contribution in [0.3, 0.4) is 0 Å². The van der Waals surface area contributed by atoms with E-state index in [0.29, 0.717) is 17.8 Å². The molecule has 92 valence electrons. The van der Waals surface area contributed by atoms with Gasteiger partial charge in [-0.1, -0.05) is 19.0 Å².